The maximum atomic E-state index is 12.7. The lowest BCUT2D eigenvalue weighted by molar-refractivity contribution is 0.274. The molecule has 1 aromatic rings. The van der Waals surface area contributed by atoms with E-state index in [4.69, 9.17) is 4.74 Å². The second kappa shape index (κ2) is 6.76. The van der Waals surface area contributed by atoms with Crippen molar-refractivity contribution >= 4 is 20.0 Å². The van der Waals surface area contributed by atoms with Crippen LogP contribution in [0.5, 0.6) is 5.75 Å². The molecule has 0 atom stereocenters. The van der Waals surface area contributed by atoms with Gasteiger partial charge in [-0.3, -0.25) is 0 Å². The van der Waals surface area contributed by atoms with Gasteiger partial charge in [0.1, 0.15) is 5.75 Å². The molecule has 1 heterocycles. The summed E-state index contributed by atoms with van der Waals surface area (Å²) in [5.74, 6) is 0.661. The van der Waals surface area contributed by atoms with Crippen LogP contribution in [0.2, 0.25) is 0 Å². The average molecular weight is 362 g/mol. The number of sulfonamides is 2. The van der Waals surface area contributed by atoms with Crippen LogP contribution in [0.1, 0.15) is 12.5 Å². The first-order valence-corrected chi connectivity index (χ1v) is 10.6. The number of methoxy groups -OCH3 is 1. The van der Waals surface area contributed by atoms with E-state index >= 15 is 0 Å². The molecule has 1 fully saturated rings. The summed E-state index contributed by atoms with van der Waals surface area (Å²) in [6.45, 7) is 2.59. The molecule has 0 spiro atoms. The predicted molar refractivity (Wildman–Crippen MR) is 87.5 cm³/mol. The van der Waals surface area contributed by atoms with Gasteiger partial charge in [-0.05, 0) is 30.2 Å². The topological polar surface area (TPSA) is 84.0 Å². The molecule has 0 radical (unpaired) electrons. The first kappa shape index (κ1) is 18.2. The van der Waals surface area contributed by atoms with Crippen LogP contribution in [-0.4, -0.2) is 65.0 Å². The molecule has 23 heavy (non-hydrogen) atoms. The van der Waals surface area contributed by atoms with E-state index in [-0.39, 0.29) is 31.1 Å². The van der Waals surface area contributed by atoms with Crippen molar-refractivity contribution < 1.29 is 21.6 Å². The van der Waals surface area contributed by atoms with Crippen molar-refractivity contribution in [1.82, 2.24) is 8.61 Å². The van der Waals surface area contributed by atoms with Gasteiger partial charge < -0.3 is 4.74 Å². The second-order valence-corrected chi connectivity index (χ2v) is 9.31. The van der Waals surface area contributed by atoms with Crippen LogP contribution < -0.4 is 4.74 Å². The van der Waals surface area contributed by atoms with Gasteiger partial charge in [0.2, 0.25) is 20.0 Å². The largest absolute Gasteiger partial charge is 0.496 e. The highest BCUT2D eigenvalue weighted by molar-refractivity contribution is 7.89. The summed E-state index contributed by atoms with van der Waals surface area (Å²) in [4.78, 5) is 0.211. The van der Waals surface area contributed by atoms with E-state index in [1.807, 2.05) is 6.92 Å². The highest BCUT2D eigenvalue weighted by Crippen LogP contribution is 2.25. The molecule has 130 valence electrons. The Labute approximate surface area is 137 Å². The number of rotatable bonds is 5. The van der Waals surface area contributed by atoms with Crippen LogP contribution in [0, 0.1) is 0 Å². The standard InChI is InChI=1S/C14H22N2O5S2/c1-4-12-11-13(5-6-14(12)21-2)23(19,20)16-9-7-15(8-10-16)22(3,17)18/h5-6,11H,4,7-10H2,1-3H3. The van der Waals surface area contributed by atoms with Gasteiger partial charge in [0.15, 0.2) is 0 Å². The summed E-state index contributed by atoms with van der Waals surface area (Å²) in [6.07, 6.45) is 1.79. The SMILES string of the molecule is CCc1cc(S(=O)(=O)N2CCN(S(C)(=O)=O)CC2)ccc1OC. The van der Waals surface area contributed by atoms with E-state index in [1.54, 1.807) is 19.2 Å². The van der Waals surface area contributed by atoms with Crippen molar-refractivity contribution in [2.75, 3.05) is 39.5 Å². The maximum Gasteiger partial charge on any atom is 0.243 e. The zero-order valence-corrected chi connectivity index (χ0v) is 15.2. The minimum Gasteiger partial charge on any atom is -0.496 e. The van der Waals surface area contributed by atoms with E-state index in [0.29, 0.717) is 12.2 Å². The third-order valence-corrected chi connectivity index (χ3v) is 7.13. The van der Waals surface area contributed by atoms with Crippen LogP contribution in [0.15, 0.2) is 23.1 Å². The van der Waals surface area contributed by atoms with Crippen molar-refractivity contribution in [2.45, 2.75) is 18.2 Å². The number of benzene rings is 1. The number of piperazine rings is 1. The zero-order chi connectivity index (χ0) is 17.3. The summed E-state index contributed by atoms with van der Waals surface area (Å²) in [6, 6.07) is 4.80. The minimum absolute atomic E-state index is 0.156. The molecule has 1 aliphatic heterocycles. The third-order valence-electron chi connectivity index (χ3n) is 3.94. The van der Waals surface area contributed by atoms with Crippen molar-refractivity contribution in [2.24, 2.45) is 0 Å². The first-order valence-electron chi connectivity index (χ1n) is 7.32. The molecular formula is C14H22N2O5S2. The summed E-state index contributed by atoms with van der Waals surface area (Å²) in [5.41, 5.74) is 0.823. The van der Waals surface area contributed by atoms with E-state index in [9.17, 15) is 16.8 Å². The molecule has 0 bridgehead atoms. The van der Waals surface area contributed by atoms with E-state index in [0.717, 1.165) is 11.8 Å². The van der Waals surface area contributed by atoms with Gasteiger partial charge >= 0.3 is 0 Å². The Balaban J connectivity index is 2.23. The average Bonchev–Trinajstić information content (AvgIpc) is 2.53. The Morgan fingerprint density at radius 2 is 1.61 bits per heavy atom. The van der Waals surface area contributed by atoms with E-state index < -0.39 is 20.0 Å². The first-order chi connectivity index (χ1) is 10.7. The molecule has 9 heteroatoms. The number of nitrogens with zero attached hydrogens (tertiary/aromatic N) is 2. The van der Waals surface area contributed by atoms with Crippen molar-refractivity contribution in [3.8, 4) is 5.75 Å². The molecule has 7 nitrogen and oxygen atoms in total. The van der Waals surface area contributed by atoms with Crippen LogP contribution >= 0.6 is 0 Å². The minimum atomic E-state index is -3.63. The van der Waals surface area contributed by atoms with Crippen molar-refractivity contribution in [3.63, 3.8) is 0 Å². The molecule has 2 rings (SSSR count). The van der Waals surface area contributed by atoms with Crippen LogP contribution in [0.25, 0.3) is 0 Å². The zero-order valence-electron chi connectivity index (χ0n) is 13.5. The quantitative estimate of drug-likeness (QED) is 0.763. The molecule has 0 N–H and O–H groups in total. The van der Waals surface area contributed by atoms with Crippen LogP contribution in [0.4, 0.5) is 0 Å². The molecular weight excluding hydrogens is 340 g/mol. The van der Waals surface area contributed by atoms with Gasteiger partial charge in [0.05, 0.1) is 18.3 Å². The lowest BCUT2D eigenvalue weighted by Gasteiger charge is -2.32. The second-order valence-electron chi connectivity index (χ2n) is 5.39. The van der Waals surface area contributed by atoms with E-state index in [1.165, 1.54) is 14.7 Å². The van der Waals surface area contributed by atoms with Gasteiger partial charge in [-0.2, -0.15) is 8.61 Å². The van der Waals surface area contributed by atoms with Gasteiger partial charge in [-0.1, -0.05) is 6.92 Å². The molecule has 0 aromatic heterocycles. The van der Waals surface area contributed by atoms with Crippen molar-refractivity contribution in [1.29, 1.82) is 0 Å². The molecule has 1 saturated heterocycles. The Kier molecular flexibility index (Phi) is 5.34. The fraction of sp³-hybridized carbons (Fsp3) is 0.571. The normalized spacial score (nSPS) is 18.0. The molecule has 1 aromatic carbocycles. The molecule has 0 aliphatic carbocycles. The van der Waals surface area contributed by atoms with Gasteiger partial charge in [0.25, 0.3) is 0 Å². The summed E-state index contributed by atoms with van der Waals surface area (Å²) in [5, 5.41) is 0. The fourth-order valence-electron chi connectivity index (χ4n) is 2.58. The molecule has 0 saturated carbocycles. The number of hydrogen-bond donors (Lipinski definition) is 0. The molecule has 0 amide bonds. The van der Waals surface area contributed by atoms with Gasteiger partial charge in [0, 0.05) is 26.2 Å². The highest BCUT2D eigenvalue weighted by Gasteiger charge is 2.31. The number of ether oxygens (including phenoxy) is 1. The molecule has 0 unspecified atom stereocenters. The Hall–Kier alpha value is -1.16. The van der Waals surface area contributed by atoms with Crippen molar-refractivity contribution in [3.05, 3.63) is 23.8 Å². The van der Waals surface area contributed by atoms with Gasteiger partial charge in [-0.15, -0.1) is 0 Å². The fourth-order valence-corrected chi connectivity index (χ4v) is 4.88. The smallest absolute Gasteiger partial charge is 0.243 e. The lowest BCUT2D eigenvalue weighted by atomic mass is 10.1. The lowest BCUT2D eigenvalue weighted by Crippen LogP contribution is -2.50. The van der Waals surface area contributed by atoms with Gasteiger partial charge in [-0.25, -0.2) is 16.8 Å². The summed E-state index contributed by atoms with van der Waals surface area (Å²) < 4.78 is 56.3. The third kappa shape index (κ3) is 3.85. The molecule has 1 aliphatic rings. The summed E-state index contributed by atoms with van der Waals surface area (Å²) in [7, 11) is -5.37. The highest BCUT2D eigenvalue weighted by atomic mass is 32.2. The number of aryl methyl sites for hydroxylation is 1. The Bertz CT molecular complexity index is 766. The van der Waals surface area contributed by atoms with E-state index in [2.05, 4.69) is 0 Å². The predicted octanol–water partition coefficient (Wildman–Crippen LogP) is 0.524. The Morgan fingerprint density at radius 3 is 2.09 bits per heavy atom. The number of hydrogen-bond acceptors (Lipinski definition) is 5. The summed E-state index contributed by atoms with van der Waals surface area (Å²) >= 11 is 0. The van der Waals surface area contributed by atoms with Crippen LogP contribution in [0.3, 0.4) is 0 Å². The Morgan fingerprint density at radius 1 is 1.04 bits per heavy atom. The van der Waals surface area contributed by atoms with Crippen LogP contribution in [-0.2, 0) is 26.5 Å². The monoisotopic (exact) mass is 362 g/mol. The maximum absolute atomic E-state index is 12.7.